The summed E-state index contributed by atoms with van der Waals surface area (Å²) in [6.45, 7) is 2.10. The number of anilines is 2. The van der Waals surface area contributed by atoms with Crippen LogP contribution >= 0.6 is 0 Å². The quantitative estimate of drug-likeness (QED) is 0.762. The van der Waals surface area contributed by atoms with Crippen LogP contribution in [-0.2, 0) is 10.0 Å². The van der Waals surface area contributed by atoms with E-state index in [4.69, 9.17) is 5.73 Å². The average Bonchev–Trinajstić information content (AvgIpc) is 2.27. The van der Waals surface area contributed by atoms with Gasteiger partial charge in [-0.2, -0.15) is 0 Å². The summed E-state index contributed by atoms with van der Waals surface area (Å²) in [5.41, 5.74) is 6.95. The molecular formula is C12H21N3O3S. The van der Waals surface area contributed by atoms with E-state index in [1.807, 2.05) is 0 Å². The van der Waals surface area contributed by atoms with Gasteiger partial charge in [-0.3, -0.25) is 0 Å². The van der Waals surface area contributed by atoms with Gasteiger partial charge in [0.15, 0.2) is 0 Å². The molecule has 0 aromatic heterocycles. The van der Waals surface area contributed by atoms with Crippen molar-refractivity contribution >= 4 is 21.4 Å². The molecule has 6 nitrogen and oxygen atoms in total. The molecule has 0 aliphatic rings. The zero-order valence-electron chi connectivity index (χ0n) is 11.7. The molecule has 0 spiro atoms. The molecule has 19 heavy (non-hydrogen) atoms. The molecule has 0 saturated carbocycles. The molecule has 0 aliphatic heterocycles. The lowest BCUT2D eigenvalue weighted by Gasteiger charge is -2.23. The Morgan fingerprint density at radius 1 is 1.32 bits per heavy atom. The molecule has 7 heteroatoms. The van der Waals surface area contributed by atoms with Crippen molar-refractivity contribution in [3.8, 4) is 0 Å². The third kappa shape index (κ3) is 3.59. The van der Waals surface area contributed by atoms with E-state index in [0.717, 1.165) is 4.31 Å². The Kier molecular flexibility index (Phi) is 4.78. The molecule has 1 unspecified atom stereocenters. The molecule has 0 fully saturated rings. The Hall–Kier alpha value is -1.31. The largest absolute Gasteiger partial charge is 0.397 e. The van der Waals surface area contributed by atoms with Crippen molar-refractivity contribution in [1.29, 1.82) is 0 Å². The number of hydrogen-bond donors (Lipinski definition) is 2. The molecule has 0 saturated heterocycles. The molecule has 1 aromatic carbocycles. The highest BCUT2D eigenvalue weighted by Crippen LogP contribution is 2.26. The molecule has 1 rings (SSSR count). The summed E-state index contributed by atoms with van der Waals surface area (Å²) in [6, 6.07) is 4.59. The fraction of sp³-hybridized carbons (Fsp3) is 0.500. The first-order valence-corrected chi connectivity index (χ1v) is 7.31. The number of likely N-dealkylation sites (N-methyl/N-ethyl adjacent to an activating group) is 1. The molecule has 0 bridgehead atoms. The Morgan fingerprint density at radius 2 is 1.89 bits per heavy atom. The fourth-order valence-corrected chi connectivity index (χ4v) is 2.68. The number of nitrogens with zero attached hydrogens (tertiary/aromatic N) is 2. The van der Waals surface area contributed by atoms with Gasteiger partial charge >= 0.3 is 0 Å². The van der Waals surface area contributed by atoms with E-state index in [2.05, 4.69) is 0 Å². The molecular weight excluding hydrogens is 266 g/mol. The number of aliphatic hydroxyl groups excluding tert-OH is 1. The number of hydrogen-bond acceptors (Lipinski definition) is 5. The second-order valence-corrected chi connectivity index (χ2v) is 6.89. The van der Waals surface area contributed by atoms with E-state index >= 15 is 0 Å². The summed E-state index contributed by atoms with van der Waals surface area (Å²) in [5, 5.41) is 9.35. The first kappa shape index (κ1) is 15.7. The third-order valence-corrected chi connectivity index (χ3v) is 4.54. The van der Waals surface area contributed by atoms with Gasteiger partial charge in [0.1, 0.15) is 0 Å². The minimum atomic E-state index is -3.48. The maximum atomic E-state index is 12.0. The number of nitrogen functional groups attached to an aromatic ring is 1. The minimum absolute atomic E-state index is 0.157. The van der Waals surface area contributed by atoms with E-state index in [1.54, 1.807) is 24.9 Å². The summed E-state index contributed by atoms with van der Waals surface area (Å²) in [5.74, 6) is 0. The van der Waals surface area contributed by atoms with Gasteiger partial charge in [0.05, 0.1) is 22.4 Å². The van der Waals surface area contributed by atoms with Crippen LogP contribution < -0.4 is 10.6 Å². The van der Waals surface area contributed by atoms with Crippen molar-refractivity contribution in [2.24, 2.45) is 0 Å². The van der Waals surface area contributed by atoms with Crippen molar-refractivity contribution < 1.29 is 13.5 Å². The summed E-state index contributed by atoms with van der Waals surface area (Å²) in [4.78, 5) is 1.94. The molecule has 0 aliphatic carbocycles. The molecule has 0 radical (unpaired) electrons. The van der Waals surface area contributed by atoms with Gasteiger partial charge in [-0.1, -0.05) is 0 Å². The number of rotatable bonds is 5. The molecule has 3 N–H and O–H groups in total. The van der Waals surface area contributed by atoms with Crippen LogP contribution in [0.3, 0.4) is 0 Å². The summed E-state index contributed by atoms with van der Waals surface area (Å²) < 4.78 is 25.1. The Morgan fingerprint density at radius 3 is 2.32 bits per heavy atom. The van der Waals surface area contributed by atoms with Crippen molar-refractivity contribution in [2.75, 3.05) is 38.3 Å². The van der Waals surface area contributed by atoms with Crippen LogP contribution in [0.25, 0.3) is 0 Å². The SMILES string of the molecule is CC(O)CN(C)c1ccc(S(=O)(=O)N(C)C)cc1N. The van der Waals surface area contributed by atoms with Gasteiger partial charge in [0.25, 0.3) is 0 Å². The zero-order chi connectivity index (χ0) is 14.8. The highest BCUT2D eigenvalue weighted by atomic mass is 32.2. The first-order valence-electron chi connectivity index (χ1n) is 5.87. The average molecular weight is 287 g/mol. The maximum absolute atomic E-state index is 12.0. The lowest BCUT2D eigenvalue weighted by atomic mass is 10.2. The van der Waals surface area contributed by atoms with E-state index in [-0.39, 0.29) is 4.90 Å². The number of benzene rings is 1. The van der Waals surface area contributed by atoms with Crippen LogP contribution in [0.15, 0.2) is 23.1 Å². The Bertz CT molecular complexity index is 541. The lowest BCUT2D eigenvalue weighted by molar-refractivity contribution is 0.201. The van der Waals surface area contributed by atoms with E-state index in [9.17, 15) is 13.5 Å². The van der Waals surface area contributed by atoms with Crippen molar-refractivity contribution in [3.05, 3.63) is 18.2 Å². The fourth-order valence-electron chi connectivity index (χ4n) is 1.75. The number of aliphatic hydroxyl groups is 1. The van der Waals surface area contributed by atoms with Gasteiger partial charge in [-0.25, -0.2) is 12.7 Å². The Labute approximate surface area is 114 Å². The monoisotopic (exact) mass is 287 g/mol. The predicted molar refractivity (Wildman–Crippen MR) is 76.7 cm³/mol. The van der Waals surface area contributed by atoms with Crippen LogP contribution in [0, 0.1) is 0 Å². The Balaban J connectivity index is 3.12. The van der Waals surface area contributed by atoms with Gasteiger partial charge < -0.3 is 15.7 Å². The standard InChI is InChI=1S/C12H21N3O3S/c1-9(16)8-15(4)12-6-5-10(7-11(12)13)19(17,18)14(2)3/h5-7,9,16H,8,13H2,1-4H3. The molecule has 108 valence electrons. The lowest BCUT2D eigenvalue weighted by Crippen LogP contribution is -2.28. The van der Waals surface area contributed by atoms with Gasteiger partial charge in [0, 0.05) is 27.7 Å². The molecule has 0 amide bonds. The van der Waals surface area contributed by atoms with Crippen molar-refractivity contribution in [1.82, 2.24) is 4.31 Å². The van der Waals surface area contributed by atoms with Crippen LogP contribution in [0.1, 0.15) is 6.92 Å². The summed E-state index contributed by atoms with van der Waals surface area (Å²) in [7, 11) is 1.25. The normalized spacial score (nSPS) is 13.6. The topological polar surface area (TPSA) is 86.9 Å². The number of sulfonamides is 1. The van der Waals surface area contributed by atoms with Crippen LogP contribution in [0.5, 0.6) is 0 Å². The number of nitrogens with two attached hydrogens (primary N) is 1. The van der Waals surface area contributed by atoms with Crippen LogP contribution in [0.2, 0.25) is 0 Å². The molecule has 1 aromatic rings. The van der Waals surface area contributed by atoms with E-state index in [0.29, 0.717) is 17.9 Å². The van der Waals surface area contributed by atoms with E-state index in [1.165, 1.54) is 26.2 Å². The molecule has 1 atom stereocenters. The van der Waals surface area contributed by atoms with Gasteiger partial charge in [0.2, 0.25) is 10.0 Å². The second-order valence-electron chi connectivity index (χ2n) is 4.74. The van der Waals surface area contributed by atoms with Crippen molar-refractivity contribution in [3.63, 3.8) is 0 Å². The van der Waals surface area contributed by atoms with Crippen molar-refractivity contribution in [2.45, 2.75) is 17.9 Å². The third-order valence-electron chi connectivity index (χ3n) is 2.73. The van der Waals surface area contributed by atoms with E-state index < -0.39 is 16.1 Å². The summed E-state index contributed by atoms with van der Waals surface area (Å²) >= 11 is 0. The second kappa shape index (κ2) is 5.77. The molecule has 0 heterocycles. The maximum Gasteiger partial charge on any atom is 0.242 e. The smallest absolute Gasteiger partial charge is 0.242 e. The van der Waals surface area contributed by atoms with Gasteiger partial charge in [-0.05, 0) is 25.1 Å². The predicted octanol–water partition coefficient (Wildman–Crippen LogP) is 0.336. The van der Waals surface area contributed by atoms with Crippen LogP contribution in [-0.4, -0.2) is 51.6 Å². The highest BCUT2D eigenvalue weighted by molar-refractivity contribution is 7.89. The minimum Gasteiger partial charge on any atom is -0.397 e. The first-order chi connectivity index (χ1) is 8.66. The van der Waals surface area contributed by atoms with Gasteiger partial charge in [-0.15, -0.1) is 0 Å². The zero-order valence-corrected chi connectivity index (χ0v) is 12.5. The van der Waals surface area contributed by atoms with Crippen LogP contribution in [0.4, 0.5) is 11.4 Å². The highest BCUT2D eigenvalue weighted by Gasteiger charge is 2.19. The summed E-state index contributed by atoms with van der Waals surface area (Å²) in [6.07, 6.45) is -0.491.